The molecule has 1 atom stereocenters. The minimum atomic E-state index is -0.0452. The van der Waals surface area contributed by atoms with Crippen molar-refractivity contribution in [3.05, 3.63) is 41.7 Å². The lowest BCUT2D eigenvalue weighted by Gasteiger charge is -2.24. The number of nitrogens with two attached hydrogens (primary N) is 1. The molecule has 6 nitrogen and oxygen atoms in total. The minimum absolute atomic E-state index is 0.0452. The van der Waals surface area contributed by atoms with Crippen molar-refractivity contribution >= 4 is 0 Å². The van der Waals surface area contributed by atoms with Gasteiger partial charge in [0.25, 0.3) is 0 Å². The van der Waals surface area contributed by atoms with Crippen LogP contribution in [0.15, 0.2) is 30.6 Å². The topological polar surface area (TPSA) is 74.3 Å². The van der Waals surface area contributed by atoms with Crippen LogP contribution < -0.4 is 20.7 Å². The van der Waals surface area contributed by atoms with Crippen LogP contribution in [0.3, 0.4) is 0 Å². The van der Waals surface area contributed by atoms with Crippen molar-refractivity contribution in [2.45, 2.75) is 25.9 Å². The van der Waals surface area contributed by atoms with Crippen molar-refractivity contribution in [2.24, 2.45) is 5.84 Å². The molecule has 0 radical (unpaired) electrons. The van der Waals surface area contributed by atoms with E-state index in [0.29, 0.717) is 13.2 Å². The number of hydrogen-bond donors (Lipinski definition) is 2. The molecule has 1 aromatic heterocycles. The number of rotatable bonds is 5. The van der Waals surface area contributed by atoms with E-state index in [-0.39, 0.29) is 6.04 Å². The van der Waals surface area contributed by atoms with Gasteiger partial charge in [-0.25, -0.2) is 0 Å². The van der Waals surface area contributed by atoms with Gasteiger partial charge in [-0.15, -0.1) is 0 Å². The molecule has 0 spiro atoms. The molecule has 0 saturated carbocycles. The molecule has 112 valence electrons. The third-order valence-electron chi connectivity index (χ3n) is 3.62. The number of nitrogens with one attached hydrogen (secondary N) is 1. The molecule has 1 aromatic carbocycles. The Morgan fingerprint density at radius 2 is 2.24 bits per heavy atom. The first-order chi connectivity index (χ1) is 10.3. The zero-order valence-electron chi connectivity index (χ0n) is 12.1. The van der Waals surface area contributed by atoms with E-state index in [2.05, 4.69) is 17.4 Å². The fourth-order valence-electron chi connectivity index (χ4n) is 2.55. The Morgan fingerprint density at radius 3 is 3.00 bits per heavy atom. The van der Waals surface area contributed by atoms with Crippen molar-refractivity contribution < 1.29 is 9.47 Å². The van der Waals surface area contributed by atoms with E-state index < -0.39 is 0 Å². The van der Waals surface area contributed by atoms with Gasteiger partial charge < -0.3 is 9.47 Å². The fourth-order valence-corrected chi connectivity index (χ4v) is 2.55. The molecule has 1 aliphatic heterocycles. The second-order valence-electron chi connectivity index (χ2n) is 5.00. The predicted molar refractivity (Wildman–Crippen MR) is 79.1 cm³/mol. The zero-order chi connectivity index (χ0) is 14.7. The summed E-state index contributed by atoms with van der Waals surface area (Å²) >= 11 is 0. The van der Waals surface area contributed by atoms with Gasteiger partial charge in [0, 0.05) is 18.3 Å². The highest BCUT2D eigenvalue weighted by Gasteiger charge is 2.22. The molecular weight excluding hydrogens is 268 g/mol. The van der Waals surface area contributed by atoms with Gasteiger partial charge in [-0.05, 0) is 25.0 Å². The van der Waals surface area contributed by atoms with Crippen LogP contribution in [-0.2, 0) is 13.0 Å². The smallest absolute Gasteiger partial charge is 0.166 e. The molecule has 6 heteroatoms. The molecule has 0 amide bonds. The number of ether oxygens (including phenoxy) is 2. The first kappa shape index (κ1) is 13.9. The standard InChI is InChI=1S/C15H20N4O2/c1-2-19-10-11(9-17-19)8-13(18-16)12-4-3-5-14-15(12)21-7-6-20-14/h3-5,9-10,13,18H,2,6-8,16H2,1H3. The van der Waals surface area contributed by atoms with E-state index in [9.17, 15) is 0 Å². The Labute approximate surface area is 123 Å². The second-order valence-corrected chi connectivity index (χ2v) is 5.00. The predicted octanol–water partition coefficient (Wildman–Crippen LogP) is 1.42. The summed E-state index contributed by atoms with van der Waals surface area (Å²) in [4.78, 5) is 0. The maximum absolute atomic E-state index is 5.76. The summed E-state index contributed by atoms with van der Waals surface area (Å²) in [7, 11) is 0. The Hall–Kier alpha value is -2.05. The number of aryl methyl sites for hydroxylation is 1. The average Bonchev–Trinajstić information content (AvgIpc) is 3.00. The summed E-state index contributed by atoms with van der Waals surface area (Å²) < 4.78 is 13.3. The third kappa shape index (κ3) is 2.86. The van der Waals surface area contributed by atoms with Crippen LogP contribution in [0.5, 0.6) is 11.5 Å². The summed E-state index contributed by atoms with van der Waals surface area (Å²) in [5.41, 5.74) is 5.02. The highest BCUT2D eigenvalue weighted by atomic mass is 16.6. The Morgan fingerprint density at radius 1 is 1.38 bits per heavy atom. The van der Waals surface area contributed by atoms with Gasteiger partial charge in [0.15, 0.2) is 11.5 Å². The molecule has 2 heterocycles. The highest BCUT2D eigenvalue weighted by Crippen LogP contribution is 2.37. The molecule has 0 bridgehead atoms. The number of fused-ring (bicyclic) bond motifs is 1. The van der Waals surface area contributed by atoms with E-state index in [1.807, 2.05) is 35.3 Å². The van der Waals surface area contributed by atoms with E-state index in [0.717, 1.165) is 35.6 Å². The number of aromatic nitrogens is 2. The lowest BCUT2D eigenvalue weighted by atomic mass is 9.99. The fraction of sp³-hybridized carbons (Fsp3) is 0.400. The van der Waals surface area contributed by atoms with E-state index >= 15 is 0 Å². The molecular formula is C15H20N4O2. The molecule has 0 fully saturated rings. The summed E-state index contributed by atoms with van der Waals surface area (Å²) in [6.07, 6.45) is 4.66. The quantitative estimate of drug-likeness (QED) is 0.643. The lowest BCUT2D eigenvalue weighted by molar-refractivity contribution is 0.168. The van der Waals surface area contributed by atoms with Crippen molar-refractivity contribution in [2.75, 3.05) is 13.2 Å². The molecule has 2 aromatic rings. The number of hydrazine groups is 1. The Kier molecular flexibility index (Phi) is 4.08. The maximum Gasteiger partial charge on any atom is 0.166 e. The van der Waals surface area contributed by atoms with Crippen LogP contribution >= 0.6 is 0 Å². The van der Waals surface area contributed by atoms with Crippen LogP contribution in [0.4, 0.5) is 0 Å². The zero-order valence-corrected chi connectivity index (χ0v) is 12.1. The van der Waals surface area contributed by atoms with E-state index in [1.54, 1.807) is 0 Å². The SMILES string of the molecule is CCn1cc(CC(NN)c2cccc3c2OCCO3)cn1. The van der Waals surface area contributed by atoms with Crippen LogP contribution in [0.1, 0.15) is 24.1 Å². The maximum atomic E-state index is 5.76. The summed E-state index contributed by atoms with van der Waals surface area (Å²) in [5.74, 6) is 7.32. The first-order valence-corrected chi connectivity index (χ1v) is 7.17. The summed E-state index contributed by atoms with van der Waals surface area (Å²) in [5, 5.41) is 4.30. The Balaban J connectivity index is 1.86. The molecule has 0 aliphatic carbocycles. The van der Waals surface area contributed by atoms with Crippen LogP contribution in [0.25, 0.3) is 0 Å². The van der Waals surface area contributed by atoms with Gasteiger partial charge in [-0.3, -0.25) is 16.0 Å². The highest BCUT2D eigenvalue weighted by molar-refractivity contribution is 5.49. The summed E-state index contributed by atoms with van der Waals surface area (Å²) in [6, 6.07) is 5.85. The van der Waals surface area contributed by atoms with E-state index in [1.165, 1.54) is 0 Å². The van der Waals surface area contributed by atoms with Gasteiger partial charge >= 0.3 is 0 Å². The van der Waals surface area contributed by atoms with Crippen molar-refractivity contribution in [1.29, 1.82) is 0 Å². The second kappa shape index (κ2) is 6.15. The lowest BCUT2D eigenvalue weighted by Crippen LogP contribution is -2.30. The molecule has 21 heavy (non-hydrogen) atoms. The first-order valence-electron chi connectivity index (χ1n) is 7.17. The molecule has 1 aliphatic rings. The van der Waals surface area contributed by atoms with Crippen LogP contribution in [-0.4, -0.2) is 23.0 Å². The number of nitrogens with zero attached hydrogens (tertiary/aromatic N) is 2. The van der Waals surface area contributed by atoms with Gasteiger partial charge in [-0.1, -0.05) is 12.1 Å². The molecule has 0 saturated heterocycles. The third-order valence-corrected chi connectivity index (χ3v) is 3.62. The number of para-hydroxylation sites is 1. The molecule has 1 unspecified atom stereocenters. The normalized spacial score (nSPS) is 15.0. The monoisotopic (exact) mass is 288 g/mol. The van der Waals surface area contributed by atoms with Crippen molar-refractivity contribution in [3.63, 3.8) is 0 Å². The van der Waals surface area contributed by atoms with Crippen molar-refractivity contribution in [3.8, 4) is 11.5 Å². The minimum Gasteiger partial charge on any atom is -0.486 e. The van der Waals surface area contributed by atoms with Crippen molar-refractivity contribution in [1.82, 2.24) is 15.2 Å². The summed E-state index contributed by atoms with van der Waals surface area (Å²) in [6.45, 7) is 4.07. The van der Waals surface area contributed by atoms with Gasteiger partial charge in [-0.2, -0.15) is 5.10 Å². The van der Waals surface area contributed by atoms with Gasteiger partial charge in [0.05, 0.1) is 12.2 Å². The van der Waals surface area contributed by atoms with E-state index in [4.69, 9.17) is 15.3 Å². The van der Waals surface area contributed by atoms with Gasteiger partial charge in [0.2, 0.25) is 0 Å². The largest absolute Gasteiger partial charge is 0.486 e. The Bertz CT molecular complexity index is 611. The molecule has 3 N–H and O–H groups in total. The van der Waals surface area contributed by atoms with Gasteiger partial charge in [0.1, 0.15) is 13.2 Å². The number of benzene rings is 1. The van der Waals surface area contributed by atoms with Crippen LogP contribution in [0, 0.1) is 0 Å². The van der Waals surface area contributed by atoms with Crippen LogP contribution in [0.2, 0.25) is 0 Å². The number of hydrogen-bond acceptors (Lipinski definition) is 5. The molecule has 3 rings (SSSR count). The average molecular weight is 288 g/mol.